The van der Waals surface area contributed by atoms with E-state index in [0.717, 1.165) is 6.29 Å². The number of aldehydes is 1. The predicted molar refractivity (Wildman–Crippen MR) is 49.5 cm³/mol. The maximum Gasteiger partial charge on any atom is 0.224 e. The van der Waals surface area contributed by atoms with E-state index in [9.17, 15) is 4.79 Å². The van der Waals surface area contributed by atoms with Gasteiger partial charge in [0.2, 0.25) is 5.28 Å². The van der Waals surface area contributed by atoms with E-state index in [1.165, 1.54) is 0 Å². The maximum absolute atomic E-state index is 10.2. The second-order valence-electron chi connectivity index (χ2n) is 1.91. The number of hydrogen-bond donors (Lipinski definition) is 0. The van der Waals surface area contributed by atoms with Crippen molar-refractivity contribution in [1.29, 1.82) is 0 Å². The summed E-state index contributed by atoms with van der Waals surface area (Å²) in [5, 5.41) is 0.256. The lowest BCUT2D eigenvalue weighted by Crippen LogP contribution is -1.96. The van der Waals surface area contributed by atoms with Crippen LogP contribution in [0.2, 0.25) is 10.4 Å². The fourth-order valence-electron chi connectivity index (χ4n) is 0.649. The first-order valence-electron chi connectivity index (χ1n) is 2.96. The van der Waals surface area contributed by atoms with Crippen LogP contribution >= 0.6 is 39.1 Å². The van der Waals surface area contributed by atoms with Gasteiger partial charge in [0.05, 0.1) is 10.2 Å². The fraction of sp³-hybridized carbons (Fsp3) is 0.167. The predicted octanol–water partition coefficient (Wildman–Crippen LogP) is 2.29. The van der Waals surface area contributed by atoms with Gasteiger partial charge in [-0.15, -0.1) is 0 Å². The molecule has 12 heavy (non-hydrogen) atoms. The first kappa shape index (κ1) is 9.89. The standard InChI is InChI=1S/C6H3BrCl2N2O/c7-4-3(1-2-12)10-6(9)11-5(4)8/h2H,1H2. The summed E-state index contributed by atoms with van der Waals surface area (Å²) in [5.41, 5.74) is 0.495. The number of carbonyl (C=O) groups excluding carboxylic acids is 1. The number of nitrogens with zero attached hydrogens (tertiary/aromatic N) is 2. The lowest BCUT2D eigenvalue weighted by atomic mass is 10.3. The second kappa shape index (κ2) is 4.16. The molecule has 0 aliphatic rings. The van der Waals surface area contributed by atoms with E-state index in [4.69, 9.17) is 23.2 Å². The summed E-state index contributed by atoms with van der Waals surface area (Å²) in [6, 6.07) is 0. The summed E-state index contributed by atoms with van der Waals surface area (Å²) in [7, 11) is 0. The van der Waals surface area contributed by atoms with Crippen molar-refractivity contribution < 1.29 is 4.79 Å². The van der Waals surface area contributed by atoms with Crippen LogP contribution in [0.15, 0.2) is 4.47 Å². The summed E-state index contributed by atoms with van der Waals surface area (Å²) >= 11 is 14.3. The molecule has 1 aromatic rings. The van der Waals surface area contributed by atoms with Gasteiger partial charge in [-0.1, -0.05) is 11.6 Å². The minimum atomic E-state index is 0.0417. The number of hydrogen-bond acceptors (Lipinski definition) is 3. The monoisotopic (exact) mass is 268 g/mol. The molecule has 0 saturated carbocycles. The van der Waals surface area contributed by atoms with Crippen LogP contribution in [-0.2, 0) is 11.2 Å². The zero-order valence-electron chi connectivity index (χ0n) is 5.72. The van der Waals surface area contributed by atoms with Crippen molar-refractivity contribution in [2.45, 2.75) is 6.42 Å². The number of carbonyl (C=O) groups is 1. The molecule has 0 atom stereocenters. The summed E-state index contributed by atoms with van der Waals surface area (Å²) in [6.07, 6.45) is 0.891. The minimum Gasteiger partial charge on any atom is -0.303 e. The Morgan fingerprint density at radius 2 is 2.08 bits per heavy atom. The zero-order valence-corrected chi connectivity index (χ0v) is 8.82. The van der Waals surface area contributed by atoms with Crippen LogP contribution in [0.3, 0.4) is 0 Å². The fourth-order valence-corrected chi connectivity index (χ4v) is 1.41. The highest BCUT2D eigenvalue weighted by atomic mass is 79.9. The Labute approximate surface area is 87.2 Å². The summed E-state index contributed by atoms with van der Waals surface area (Å²) < 4.78 is 0.515. The van der Waals surface area contributed by atoms with Gasteiger partial charge in [-0.05, 0) is 27.5 Å². The van der Waals surface area contributed by atoms with Crippen LogP contribution in [0.25, 0.3) is 0 Å². The number of halogens is 3. The van der Waals surface area contributed by atoms with Crippen molar-refractivity contribution in [3.05, 3.63) is 20.6 Å². The van der Waals surface area contributed by atoms with Gasteiger partial charge in [0.15, 0.2) is 0 Å². The lowest BCUT2D eigenvalue weighted by molar-refractivity contribution is -0.107. The molecule has 1 aromatic heterocycles. The van der Waals surface area contributed by atoms with Crippen molar-refractivity contribution in [3.63, 3.8) is 0 Å². The number of rotatable bonds is 2. The summed E-state index contributed by atoms with van der Waals surface area (Å²) in [5.74, 6) is 0. The van der Waals surface area contributed by atoms with E-state index < -0.39 is 0 Å². The van der Waals surface area contributed by atoms with Crippen molar-refractivity contribution in [1.82, 2.24) is 9.97 Å². The molecule has 1 rings (SSSR count). The van der Waals surface area contributed by atoms with Gasteiger partial charge in [-0.2, -0.15) is 0 Å². The van der Waals surface area contributed by atoms with Gasteiger partial charge in [0.1, 0.15) is 11.4 Å². The molecule has 0 radical (unpaired) electrons. The first-order valence-corrected chi connectivity index (χ1v) is 4.51. The third-order valence-electron chi connectivity index (χ3n) is 1.13. The van der Waals surface area contributed by atoms with E-state index >= 15 is 0 Å². The second-order valence-corrected chi connectivity index (χ2v) is 3.40. The van der Waals surface area contributed by atoms with Gasteiger partial charge in [-0.25, -0.2) is 9.97 Å². The molecular weight excluding hydrogens is 267 g/mol. The zero-order chi connectivity index (χ0) is 9.14. The van der Waals surface area contributed by atoms with Crippen LogP contribution in [0.1, 0.15) is 5.69 Å². The molecule has 0 aliphatic carbocycles. The average molecular weight is 270 g/mol. The van der Waals surface area contributed by atoms with Crippen LogP contribution in [-0.4, -0.2) is 16.3 Å². The van der Waals surface area contributed by atoms with Crippen molar-refractivity contribution >= 4 is 45.4 Å². The van der Waals surface area contributed by atoms with Crippen molar-refractivity contribution in [2.75, 3.05) is 0 Å². The molecule has 0 bridgehead atoms. The molecule has 0 fully saturated rings. The number of aromatic nitrogens is 2. The van der Waals surface area contributed by atoms with Crippen LogP contribution in [0, 0.1) is 0 Å². The van der Waals surface area contributed by atoms with E-state index in [1.54, 1.807) is 0 Å². The van der Waals surface area contributed by atoms with Crippen molar-refractivity contribution in [3.8, 4) is 0 Å². The molecule has 0 amide bonds. The lowest BCUT2D eigenvalue weighted by Gasteiger charge is -2.00. The maximum atomic E-state index is 10.2. The van der Waals surface area contributed by atoms with Crippen molar-refractivity contribution in [2.24, 2.45) is 0 Å². The van der Waals surface area contributed by atoms with Crippen LogP contribution in [0.5, 0.6) is 0 Å². The van der Waals surface area contributed by atoms with Gasteiger partial charge >= 0.3 is 0 Å². The third-order valence-corrected chi connectivity index (χ3v) is 2.63. The highest BCUT2D eigenvalue weighted by Crippen LogP contribution is 2.24. The van der Waals surface area contributed by atoms with E-state index in [2.05, 4.69) is 25.9 Å². The van der Waals surface area contributed by atoms with E-state index in [0.29, 0.717) is 10.2 Å². The Morgan fingerprint density at radius 3 is 2.67 bits per heavy atom. The van der Waals surface area contributed by atoms with Crippen LogP contribution in [0.4, 0.5) is 0 Å². The van der Waals surface area contributed by atoms with Crippen LogP contribution < -0.4 is 0 Å². The minimum absolute atomic E-state index is 0.0417. The van der Waals surface area contributed by atoms with Gasteiger partial charge in [-0.3, -0.25) is 0 Å². The first-order chi connectivity index (χ1) is 5.65. The molecule has 6 heteroatoms. The molecule has 0 aliphatic heterocycles. The SMILES string of the molecule is O=CCc1nc(Cl)nc(Cl)c1Br. The molecule has 0 spiro atoms. The molecule has 1 heterocycles. The molecule has 3 nitrogen and oxygen atoms in total. The Bertz CT molecular complexity index is 319. The smallest absolute Gasteiger partial charge is 0.224 e. The molecule has 0 aromatic carbocycles. The molecule has 0 saturated heterocycles. The Hall–Kier alpha value is -0.190. The Balaban J connectivity index is 3.17. The molecular formula is C6H3BrCl2N2O. The van der Waals surface area contributed by atoms with Gasteiger partial charge < -0.3 is 4.79 Å². The quantitative estimate of drug-likeness (QED) is 0.470. The molecule has 0 unspecified atom stereocenters. The summed E-state index contributed by atoms with van der Waals surface area (Å²) in [6.45, 7) is 0. The summed E-state index contributed by atoms with van der Waals surface area (Å²) in [4.78, 5) is 17.7. The Kier molecular flexibility index (Phi) is 3.43. The van der Waals surface area contributed by atoms with Gasteiger partial charge in [0.25, 0.3) is 0 Å². The van der Waals surface area contributed by atoms with E-state index in [-0.39, 0.29) is 16.9 Å². The molecule has 64 valence electrons. The topological polar surface area (TPSA) is 42.9 Å². The molecule has 0 N–H and O–H groups in total. The Morgan fingerprint density at radius 1 is 1.42 bits per heavy atom. The third kappa shape index (κ3) is 2.15. The highest BCUT2D eigenvalue weighted by molar-refractivity contribution is 9.10. The largest absolute Gasteiger partial charge is 0.303 e. The average Bonchev–Trinajstić information content (AvgIpc) is 2.00. The highest BCUT2D eigenvalue weighted by Gasteiger charge is 2.08. The van der Waals surface area contributed by atoms with E-state index in [1.807, 2.05) is 0 Å². The van der Waals surface area contributed by atoms with Gasteiger partial charge in [0, 0.05) is 6.42 Å². The normalized spacial score (nSPS) is 9.92.